The van der Waals surface area contributed by atoms with Gasteiger partial charge in [0.05, 0.1) is 6.20 Å². The van der Waals surface area contributed by atoms with Crippen molar-refractivity contribution in [3.8, 4) is 5.75 Å². The molecule has 1 rings (SSSR count). The van der Waals surface area contributed by atoms with Crippen molar-refractivity contribution in [2.45, 2.75) is 20.3 Å². The average molecular weight is 137 g/mol. The van der Waals surface area contributed by atoms with Crippen LogP contribution in [0, 0.1) is 6.92 Å². The summed E-state index contributed by atoms with van der Waals surface area (Å²) in [6.07, 6.45) is 4.18. The second kappa shape index (κ2) is 2.69. The highest BCUT2D eigenvalue weighted by Crippen LogP contribution is 2.17. The van der Waals surface area contributed by atoms with Crippen molar-refractivity contribution >= 4 is 0 Å². The van der Waals surface area contributed by atoms with E-state index in [0.29, 0.717) is 5.75 Å². The Morgan fingerprint density at radius 3 is 2.70 bits per heavy atom. The second-order valence-electron chi connectivity index (χ2n) is 2.30. The summed E-state index contributed by atoms with van der Waals surface area (Å²) in [5.74, 6) is 0.291. The van der Waals surface area contributed by atoms with E-state index >= 15 is 0 Å². The number of nitrogens with zero attached hydrogens (tertiary/aromatic N) is 1. The fourth-order valence-electron chi connectivity index (χ4n) is 0.912. The zero-order valence-corrected chi connectivity index (χ0v) is 6.26. The summed E-state index contributed by atoms with van der Waals surface area (Å²) in [5.41, 5.74) is 2.05. The van der Waals surface area contributed by atoms with Crippen LogP contribution in [0.4, 0.5) is 0 Å². The van der Waals surface area contributed by atoms with E-state index in [1.807, 2.05) is 13.8 Å². The van der Waals surface area contributed by atoms with E-state index in [4.69, 9.17) is 5.11 Å². The van der Waals surface area contributed by atoms with E-state index in [-0.39, 0.29) is 0 Å². The highest BCUT2D eigenvalue weighted by atomic mass is 16.3. The Balaban J connectivity index is 3.14. The third kappa shape index (κ3) is 1.10. The molecule has 0 bridgehead atoms. The third-order valence-corrected chi connectivity index (χ3v) is 1.67. The van der Waals surface area contributed by atoms with Crippen LogP contribution in [0.3, 0.4) is 0 Å². The summed E-state index contributed by atoms with van der Waals surface area (Å²) in [5, 5.41) is 9.17. The van der Waals surface area contributed by atoms with Crippen LogP contribution in [0.5, 0.6) is 5.75 Å². The predicted octanol–water partition coefficient (Wildman–Crippen LogP) is 1.66. The maximum absolute atomic E-state index is 9.17. The first-order valence-electron chi connectivity index (χ1n) is 3.38. The minimum Gasteiger partial charge on any atom is -0.506 e. The van der Waals surface area contributed by atoms with Gasteiger partial charge in [-0.3, -0.25) is 4.98 Å². The summed E-state index contributed by atoms with van der Waals surface area (Å²) < 4.78 is 0. The summed E-state index contributed by atoms with van der Waals surface area (Å²) in [6, 6.07) is 0. The highest BCUT2D eigenvalue weighted by molar-refractivity contribution is 5.34. The van der Waals surface area contributed by atoms with Gasteiger partial charge in [0.1, 0.15) is 5.75 Å². The third-order valence-electron chi connectivity index (χ3n) is 1.67. The van der Waals surface area contributed by atoms with Gasteiger partial charge in [0, 0.05) is 6.20 Å². The van der Waals surface area contributed by atoms with Crippen molar-refractivity contribution in [2.75, 3.05) is 0 Å². The maximum atomic E-state index is 9.17. The zero-order valence-electron chi connectivity index (χ0n) is 6.26. The van der Waals surface area contributed by atoms with Crippen LogP contribution >= 0.6 is 0 Å². The molecular formula is C8H11NO. The van der Waals surface area contributed by atoms with E-state index in [2.05, 4.69) is 4.98 Å². The minimum absolute atomic E-state index is 0.291. The molecule has 0 amide bonds. The lowest BCUT2D eigenvalue weighted by Crippen LogP contribution is -1.87. The van der Waals surface area contributed by atoms with E-state index in [0.717, 1.165) is 17.5 Å². The molecule has 0 spiro atoms. The Kier molecular flexibility index (Phi) is 1.90. The molecule has 0 aliphatic heterocycles. The fraction of sp³-hybridized carbons (Fsp3) is 0.375. The SMILES string of the molecule is CCc1cncc(O)c1C. The molecule has 1 aromatic rings. The molecule has 0 radical (unpaired) electrons. The summed E-state index contributed by atoms with van der Waals surface area (Å²) in [4.78, 5) is 3.87. The summed E-state index contributed by atoms with van der Waals surface area (Å²) in [7, 11) is 0. The lowest BCUT2D eigenvalue weighted by molar-refractivity contribution is 0.467. The maximum Gasteiger partial charge on any atom is 0.137 e. The summed E-state index contributed by atoms with van der Waals surface area (Å²) >= 11 is 0. The number of hydrogen-bond acceptors (Lipinski definition) is 2. The van der Waals surface area contributed by atoms with Crippen molar-refractivity contribution in [1.82, 2.24) is 4.98 Å². The number of aryl methyl sites for hydroxylation is 1. The first-order valence-corrected chi connectivity index (χ1v) is 3.38. The molecular weight excluding hydrogens is 126 g/mol. The number of aromatic hydroxyl groups is 1. The van der Waals surface area contributed by atoms with Gasteiger partial charge in [-0.15, -0.1) is 0 Å². The van der Waals surface area contributed by atoms with Crippen molar-refractivity contribution in [2.24, 2.45) is 0 Å². The van der Waals surface area contributed by atoms with Gasteiger partial charge in [0.2, 0.25) is 0 Å². The minimum atomic E-state index is 0.291. The number of aromatic nitrogens is 1. The van der Waals surface area contributed by atoms with Crippen LogP contribution < -0.4 is 0 Å². The van der Waals surface area contributed by atoms with Gasteiger partial charge in [0.25, 0.3) is 0 Å². The lowest BCUT2D eigenvalue weighted by atomic mass is 10.1. The summed E-state index contributed by atoms with van der Waals surface area (Å²) in [6.45, 7) is 3.94. The molecule has 0 fully saturated rings. The average Bonchev–Trinajstić information content (AvgIpc) is 1.95. The molecule has 54 valence electrons. The Morgan fingerprint density at radius 1 is 1.50 bits per heavy atom. The largest absolute Gasteiger partial charge is 0.506 e. The molecule has 10 heavy (non-hydrogen) atoms. The van der Waals surface area contributed by atoms with Gasteiger partial charge >= 0.3 is 0 Å². The van der Waals surface area contributed by atoms with Gasteiger partial charge in [-0.1, -0.05) is 6.92 Å². The van der Waals surface area contributed by atoms with Crippen molar-refractivity contribution in [3.63, 3.8) is 0 Å². The Morgan fingerprint density at radius 2 is 2.20 bits per heavy atom. The Bertz CT molecular complexity index is 233. The molecule has 1 heterocycles. The fourth-order valence-corrected chi connectivity index (χ4v) is 0.912. The van der Waals surface area contributed by atoms with Crippen LogP contribution in [0.1, 0.15) is 18.1 Å². The molecule has 1 aromatic heterocycles. The lowest BCUT2D eigenvalue weighted by Gasteiger charge is -2.01. The van der Waals surface area contributed by atoms with Crippen LogP contribution in [-0.2, 0) is 6.42 Å². The smallest absolute Gasteiger partial charge is 0.137 e. The predicted molar refractivity (Wildman–Crippen MR) is 40.0 cm³/mol. The molecule has 0 atom stereocenters. The highest BCUT2D eigenvalue weighted by Gasteiger charge is 1.99. The number of pyridine rings is 1. The van der Waals surface area contributed by atoms with Crippen LogP contribution in [0.2, 0.25) is 0 Å². The molecule has 0 aliphatic rings. The molecule has 2 heteroatoms. The molecule has 0 aliphatic carbocycles. The van der Waals surface area contributed by atoms with Crippen molar-refractivity contribution in [1.29, 1.82) is 0 Å². The molecule has 0 unspecified atom stereocenters. The van der Waals surface area contributed by atoms with E-state index < -0.39 is 0 Å². The normalized spacial score (nSPS) is 9.80. The molecule has 1 N–H and O–H groups in total. The molecule has 0 saturated carbocycles. The van der Waals surface area contributed by atoms with Gasteiger partial charge in [-0.2, -0.15) is 0 Å². The van der Waals surface area contributed by atoms with E-state index in [1.54, 1.807) is 6.20 Å². The standard InChI is InChI=1S/C8H11NO/c1-3-7-4-9-5-8(10)6(7)2/h4-5,10H,3H2,1-2H3. The topological polar surface area (TPSA) is 33.1 Å². The van der Waals surface area contributed by atoms with E-state index in [9.17, 15) is 0 Å². The second-order valence-corrected chi connectivity index (χ2v) is 2.30. The van der Waals surface area contributed by atoms with Gasteiger partial charge < -0.3 is 5.11 Å². The van der Waals surface area contributed by atoms with Crippen LogP contribution in [0.25, 0.3) is 0 Å². The van der Waals surface area contributed by atoms with Crippen molar-refractivity contribution < 1.29 is 5.11 Å². The molecule has 2 nitrogen and oxygen atoms in total. The number of rotatable bonds is 1. The first-order chi connectivity index (χ1) is 4.75. The molecule has 0 saturated heterocycles. The van der Waals surface area contributed by atoms with Gasteiger partial charge in [-0.05, 0) is 24.5 Å². The Hall–Kier alpha value is -1.05. The van der Waals surface area contributed by atoms with Crippen molar-refractivity contribution in [3.05, 3.63) is 23.5 Å². The monoisotopic (exact) mass is 137 g/mol. The van der Waals surface area contributed by atoms with E-state index in [1.165, 1.54) is 6.20 Å². The van der Waals surface area contributed by atoms with Gasteiger partial charge in [0.15, 0.2) is 0 Å². The first kappa shape index (κ1) is 7.06. The van der Waals surface area contributed by atoms with Crippen LogP contribution in [-0.4, -0.2) is 10.1 Å². The zero-order chi connectivity index (χ0) is 7.56. The van der Waals surface area contributed by atoms with Gasteiger partial charge in [-0.25, -0.2) is 0 Å². The van der Waals surface area contributed by atoms with Crippen LogP contribution in [0.15, 0.2) is 12.4 Å². The number of hydrogen-bond donors (Lipinski definition) is 1. The Labute approximate surface area is 60.5 Å². The molecule has 0 aromatic carbocycles. The quantitative estimate of drug-likeness (QED) is 0.638.